The van der Waals surface area contributed by atoms with Gasteiger partial charge in [0.05, 0.1) is 34.1 Å². The van der Waals surface area contributed by atoms with Gasteiger partial charge in [0, 0.05) is 18.2 Å². The number of allylic oxidation sites excluding steroid dienone is 1. The van der Waals surface area contributed by atoms with Crippen LogP contribution in [0.2, 0.25) is 0 Å². The fraction of sp³-hybridized carbons (Fsp3) is 0.296. The van der Waals surface area contributed by atoms with Crippen LogP contribution in [0.4, 0.5) is 0 Å². The molecule has 6 nitrogen and oxygen atoms in total. The maximum absolute atomic E-state index is 13.3. The summed E-state index contributed by atoms with van der Waals surface area (Å²) >= 11 is 0. The zero-order chi connectivity index (χ0) is 23.8. The minimum atomic E-state index is -0.0642. The Morgan fingerprint density at radius 3 is 1.88 bits per heavy atom. The summed E-state index contributed by atoms with van der Waals surface area (Å²) in [5.74, 6) is 2.49. The molecule has 0 spiro atoms. The monoisotopic (exact) mass is 449 g/mol. The molecule has 0 unspecified atom stereocenters. The van der Waals surface area contributed by atoms with Crippen molar-refractivity contribution in [3.63, 3.8) is 0 Å². The lowest BCUT2D eigenvalue weighted by Crippen LogP contribution is -2.21. The molecule has 3 aromatic rings. The fourth-order valence-electron chi connectivity index (χ4n) is 3.80. The molecule has 6 heteroatoms. The molecule has 0 bridgehead atoms. The third-order valence-corrected chi connectivity index (χ3v) is 5.56. The Balaban J connectivity index is 2.15. The molecule has 0 radical (unpaired) electrons. The van der Waals surface area contributed by atoms with Crippen molar-refractivity contribution in [2.75, 3.05) is 28.4 Å². The van der Waals surface area contributed by atoms with Crippen LogP contribution in [0.25, 0.3) is 22.4 Å². The summed E-state index contributed by atoms with van der Waals surface area (Å²) in [6.07, 6.45) is 4.67. The molecule has 1 heterocycles. The van der Waals surface area contributed by atoms with Crippen molar-refractivity contribution in [2.24, 2.45) is 0 Å². The number of methoxy groups -OCH3 is 4. The second-order valence-electron chi connectivity index (χ2n) is 7.54. The molecule has 0 saturated heterocycles. The van der Waals surface area contributed by atoms with Crippen LogP contribution in [-0.4, -0.2) is 33.0 Å². The van der Waals surface area contributed by atoms with Gasteiger partial charge in [-0.15, -0.1) is 6.58 Å². The second kappa shape index (κ2) is 11.3. The third kappa shape index (κ3) is 5.40. The smallest absolute Gasteiger partial charge is 0.251 e. The van der Waals surface area contributed by atoms with E-state index in [0.717, 1.165) is 41.6 Å². The van der Waals surface area contributed by atoms with Crippen molar-refractivity contribution in [3.05, 3.63) is 71.5 Å². The van der Waals surface area contributed by atoms with Gasteiger partial charge in [-0.3, -0.25) is 4.79 Å². The van der Waals surface area contributed by atoms with Gasteiger partial charge in [-0.1, -0.05) is 12.1 Å². The third-order valence-electron chi connectivity index (χ3n) is 5.56. The Morgan fingerprint density at radius 2 is 1.30 bits per heavy atom. The molecule has 0 aliphatic heterocycles. The Hall–Kier alpha value is -3.67. The highest BCUT2D eigenvalue weighted by Crippen LogP contribution is 2.35. The van der Waals surface area contributed by atoms with E-state index < -0.39 is 0 Å². The number of aromatic nitrogens is 1. The lowest BCUT2D eigenvalue weighted by Gasteiger charge is -2.17. The summed E-state index contributed by atoms with van der Waals surface area (Å²) < 4.78 is 23.5. The number of hydrogen-bond donors (Lipinski definition) is 0. The zero-order valence-corrected chi connectivity index (χ0v) is 19.7. The molecule has 0 amide bonds. The van der Waals surface area contributed by atoms with Gasteiger partial charge < -0.3 is 23.5 Å². The van der Waals surface area contributed by atoms with Gasteiger partial charge in [0.25, 0.3) is 5.56 Å². The molecular weight excluding hydrogens is 418 g/mol. The number of rotatable bonds is 11. The van der Waals surface area contributed by atoms with Crippen LogP contribution >= 0.6 is 0 Å². The van der Waals surface area contributed by atoms with Crippen molar-refractivity contribution in [1.29, 1.82) is 0 Å². The molecule has 0 atom stereocenters. The molecule has 0 aliphatic rings. The molecular formula is C27H31NO5. The molecule has 174 valence electrons. The topological polar surface area (TPSA) is 58.9 Å². The first-order chi connectivity index (χ1) is 16.1. The number of hydrogen-bond acceptors (Lipinski definition) is 5. The number of ether oxygens (including phenoxy) is 4. The minimum Gasteiger partial charge on any atom is -0.493 e. The zero-order valence-electron chi connectivity index (χ0n) is 19.7. The van der Waals surface area contributed by atoms with Crippen LogP contribution in [0.1, 0.15) is 19.3 Å². The van der Waals surface area contributed by atoms with E-state index in [9.17, 15) is 4.79 Å². The number of benzene rings is 2. The number of nitrogens with zero attached hydrogens (tertiary/aromatic N) is 1. The van der Waals surface area contributed by atoms with Crippen molar-refractivity contribution >= 4 is 0 Å². The normalized spacial score (nSPS) is 10.5. The van der Waals surface area contributed by atoms with Crippen molar-refractivity contribution in [1.82, 2.24) is 4.57 Å². The number of unbranched alkanes of at least 4 members (excludes halogenated alkanes) is 2. The molecule has 0 N–H and O–H groups in total. The highest BCUT2D eigenvalue weighted by atomic mass is 16.5. The minimum absolute atomic E-state index is 0.0642. The highest BCUT2D eigenvalue weighted by molar-refractivity contribution is 5.73. The van der Waals surface area contributed by atoms with Crippen LogP contribution < -0.4 is 24.5 Å². The predicted molar refractivity (Wildman–Crippen MR) is 132 cm³/mol. The predicted octanol–water partition coefficient (Wildman–Crippen LogP) is 5.57. The molecule has 0 fully saturated rings. The average molecular weight is 450 g/mol. The summed E-state index contributed by atoms with van der Waals surface area (Å²) in [5.41, 5.74) is 3.28. The maximum Gasteiger partial charge on any atom is 0.251 e. The first-order valence-corrected chi connectivity index (χ1v) is 10.9. The molecule has 0 saturated carbocycles. The summed E-state index contributed by atoms with van der Waals surface area (Å²) in [6, 6.07) is 15.0. The second-order valence-corrected chi connectivity index (χ2v) is 7.54. The van der Waals surface area contributed by atoms with Crippen molar-refractivity contribution in [3.8, 4) is 45.4 Å². The van der Waals surface area contributed by atoms with E-state index in [1.165, 1.54) is 0 Å². The Labute approximate surface area is 195 Å². The molecule has 2 aromatic carbocycles. The Morgan fingerprint density at radius 1 is 0.727 bits per heavy atom. The van der Waals surface area contributed by atoms with Crippen LogP contribution in [0.15, 0.2) is 66.0 Å². The van der Waals surface area contributed by atoms with Gasteiger partial charge in [-0.25, -0.2) is 0 Å². The van der Waals surface area contributed by atoms with Crippen LogP contribution in [0, 0.1) is 0 Å². The van der Waals surface area contributed by atoms with Gasteiger partial charge >= 0.3 is 0 Å². The Bertz CT molecular complexity index is 1170. The summed E-state index contributed by atoms with van der Waals surface area (Å²) in [6.45, 7) is 4.40. The van der Waals surface area contributed by atoms with Crippen molar-refractivity contribution in [2.45, 2.75) is 25.8 Å². The van der Waals surface area contributed by atoms with E-state index in [1.807, 2.05) is 53.1 Å². The highest BCUT2D eigenvalue weighted by Gasteiger charge is 2.14. The van der Waals surface area contributed by atoms with E-state index >= 15 is 0 Å². The Kier molecular flexibility index (Phi) is 8.19. The van der Waals surface area contributed by atoms with E-state index in [2.05, 4.69) is 6.58 Å². The summed E-state index contributed by atoms with van der Waals surface area (Å²) in [4.78, 5) is 13.3. The van der Waals surface area contributed by atoms with Crippen molar-refractivity contribution < 1.29 is 18.9 Å². The summed E-state index contributed by atoms with van der Waals surface area (Å²) in [7, 11) is 6.40. The lowest BCUT2D eigenvalue weighted by atomic mass is 10.0. The van der Waals surface area contributed by atoms with Crippen LogP contribution in [0.5, 0.6) is 23.0 Å². The SMILES string of the molecule is C=CCCCCn1c(-c2ccc(OC)c(OC)c2)cc(-c2ccc(OC)c(OC)c2)cc1=O. The quantitative estimate of drug-likeness (QED) is 0.283. The summed E-state index contributed by atoms with van der Waals surface area (Å²) in [5, 5.41) is 0. The lowest BCUT2D eigenvalue weighted by molar-refractivity contribution is 0.355. The van der Waals surface area contributed by atoms with Gasteiger partial charge in [0.1, 0.15) is 0 Å². The average Bonchev–Trinajstić information content (AvgIpc) is 2.86. The van der Waals surface area contributed by atoms with Crippen LogP contribution in [0.3, 0.4) is 0 Å². The first kappa shape index (κ1) is 24.0. The van der Waals surface area contributed by atoms with Crippen LogP contribution in [-0.2, 0) is 6.54 Å². The van der Waals surface area contributed by atoms with E-state index in [4.69, 9.17) is 18.9 Å². The van der Waals surface area contributed by atoms with E-state index in [1.54, 1.807) is 34.5 Å². The molecule has 3 rings (SSSR count). The molecule has 33 heavy (non-hydrogen) atoms. The van der Waals surface area contributed by atoms with Gasteiger partial charge in [-0.05, 0) is 66.8 Å². The number of pyridine rings is 1. The largest absolute Gasteiger partial charge is 0.493 e. The van der Waals surface area contributed by atoms with Gasteiger partial charge in [0.2, 0.25) is 0 Å². The van der Waals surface area contributed by atoms with Gasteiger partial charge in [0.15, 0.2) is 23.0 Å². The maximum atomic E-state index is 13.3. The van der Waals surface area contributed by atoms with E-state index in [-0.39, 0.29) is 5.56 Å². The standard InChI is InChI=1S/C27H31NO5/c1-6-7-8-9-14-28-22(20-11-13-24(31-3)26(17-20)33-5)15-21(18-27(28)29)19-10-12-23(30-2)25(16-19)32-4/h6,10-13,15-18H,1,7-9,14H2,2-5H3. The van der Waals surface area contributed by atoms with Gasteiger partial charge in [-0.2, -0.15) is 0 Å². The fourth-order valence-corrected chi connectivity index (χ4v) is 3.80. The van der Waals surface area contributed by atoms with E-state index in [0.29, 0.717) is 29.5 Å². The molecule has 1 aromatic heterocycles. The molecule has 0 aliphatic carbocycles. The first-order valence-electron chi connectivity index (χ1n) is 10.9.